The monoisotopic (exact) mass is 334 g/mol. The second-order valence-electron chi connectivity index (χ2n) is 5.49. The molecule has 0 radical (unpaired) electrons. The number of nitrogens with one attached hydrogen (secondary N) is 1. The Labute approximate surface area is 143 Å². The van der Waals surface area contributed by atoms with Crippen LogP contribution in [0.4, 0.5) is 5.69 Å². The van der Waals surface area contributed by atoms with E-state index < -0.39 is 6.10 Å². The summed E-state index contributed by atoms with van der Waals surface area (Å²) in [7, 11) is 0. The first-order chi connectivity index (χ1) is 10.6. The fourth-order valence-corrected chi connectivity index (χ4v) is 2.49. The largest absolute Gasteiger partial charge is 0.398 e. The van der Waals surface area contributed by atoms with Crippen molar-refractivity contribution in [2.75, 3.05) is 12.3 Å². The van der Waals surface area contributed by atoms with E-state index in [1.165, 1.54) is 0 Å². The van der Waals surface area contributed by atoms with Gasteiger partial charge in [0.2, 0.25) is 0 Å². The topological polar surface area (TPSA) is 75.3 Å². The van der Waals surface area contributed by atoms with Crippen molar-refractivity contribution >= 4 is 24.0 Å². The Morgan fingerprint density at radius 1 is 1.13 bits per heavy atom. The van der Waals surface area contributed by atoms with Crippen LogP contribution < -0.4 is 11.1 Å². The lowest BCUT2D eigenvalue weighted by Gasteiger charge is -2.20. The summed E-state index contributed by atoms with van der Waals surface area (Å²) in [6.45, 7) is 2.22. The highest BCUT2D eigenvalue weighted by atomic mass is 35.5. The van der Waals surface area contributed by atoms with E-state index in [2.05, 4.69) is 5.32 Å². The van der Waals surface area contributed by atoms with Crippen LogP contribution in [0.2, 0.25) is 0 Å². The number of nitrogen functional groups attached to an aromatic ring is 1. The van der Waals surface area contributed by atoms with E-state index in [0.29, 0.717) is 24.2 Å². The van der Waals surface area contributed by atoms with Gasteiger partial charge in [-0.2, -0.15) is 0 Å². The van der Waals surface area contributed by atoms with Crippen molar-refractivity contribution < 1.29 is 9.90 Å². The van der Waals surface area contributed by atoms with Crippen molar-refractivity contribution in [1.29, 1.82) is 0 Å². The molecule has 0 aliphatic carbocycles. The average molecular weight is 335 g/mol. The summed E-state index contributed by atoms with van der Waals surface area (Å²) >= 11 is 0. The number of nitrogens with two attached hydrogens (primary N) is 1. The van der Waals surface area contributed by atoms with Crippen LogP contribution >= 0.6 is 12.4 Å². The van der Waals surface area contributed by atoms with Crippen LogP contribution in [0.25, 0.3) is 0 Å². The number of hydrogen-bond acceptors (Lipinski definition) is 3. The SMILES string of the molecule is CC(O)CC(CNC(=O)c1ccccc1N)c1ccccc1.Cl. The lowest BCUT2D eigenvalue weighted by molar-refractivity contribution is 0.0946. The summed E-state index contributed by atoms with van der Waals surface area (Å²) in [5.74, 6) is -0.125. The van der Waals surface area contributed by atoms with Gasteiger partial charge in [-0.25, -0.2) is 0 Å². The number of aliphatic hydroxyl groups is 1. The van der Waals surface area contributed by atoms with Crippen LogP contribution in [0.1, 0.15) is 35.2 Å². The van der Waals surface area contributed by atoms with Gasteiger partial charge in [0.15, 0.2) is 0 Å². The van der Waals surface area contributed by atoms with Crippen LogP contribution in [0.5, 0.6) is 0 Å². The quantitative estimate of drug-likeness (QED) is 0.711. The number of aliphatic hydroxyl groups excluding tert-OH is 1. The Morgan fingerprint density at radius 2 is 1.74 bits per heavy atom. The number of hydrogen-bond donors (Lipinski definition) is 3. The number of para-hydroxylation sites is 1. The first-order valence-corrected chi connectivity index (χ1v) is 7.43. The third kappa shape index (κ3) is 5.58. The third-order valence-electron chi connectivity index (χ3n) is 3.61. The molecule has 0 saturated carbocycles. The zero-order valence-corrected chi connectivity index (χ0v) is 13.9. The van der Waals surface area contributed by atoms with Gasteiger partial charge < -0.3 is 16.2 Å². The molecule has 0 bridgehead atoms. The molecule has 5 heteroatoms. The summed E-state index contributed by atoms with van der Waals surface area (Å²) in [6, 6.07) is 16.9. The second-order valence-corrected chi connectivity index (χ2v) is 5.49. The molecule has 2 rings (SSSR count). The molecule has 0 aliphatic heterocycles. The minimum atomic E-state index is -0.427. The van der Waals surface area contributed by atoms with Gasteiger partial charge in [0, 0.05) is 18.2 Å². The Balaban J connectivity index is 0.00000264. The average Bonchev–Trinajstić information content (AvgIpc) is 2.52. The minimum absolute atomic E-state index is 0. The Morgan fingerprint density at radius 3 is 2.35 bits per heavy atom. The van der Waals surface area contributed by atoms with Gasteiger partial charge in [-0.3, -0.25) is 4.79 Å². The van der Waals surface area contributed by atoms with Crippen molar-refractivity contribution in [3.63, 3.8) is 0 Å². The van der Waals surface area contributed by atoms with Gasteiger partial charge in [-0.15, -0.1) is 12.4 Å². The lowest BCUT2D eigenvalue weighted by atomic mass is 9.93. The Kier molecular flexibility index (Phi) is 7.59. The molecule has 2 atom stereocenters. The van der Waals surface area contributed by atoms with E-state index in [9.17, 15) is 9.90 Å². The molecule has 0 spiro atoms. The van der Waals surface area contributed by atoms with Gasteiger partial charge in [0.1, 0.15) is 0 Å². The van der Waals surface area contributed by atoms with Gasteiger partial charge in [0.25, 0.3) is 5.91 Å². The number of benzene rings is 2. The highest BCUT2D eigenvalue weighted by Crippen LogP contribution is 2.21. The van der Waals surface area contributed by atoms with Crippen molar-refractivity contribution in [1.82, 2.24) is 5.32 Å². The van der Waals surface area contributed by atoms with Crippen molar-refractivity contribution in [3.8, 4) is 0 Å². The molecule has 23 heavy (non-hydrogen) atoms. The van der Waals surface area contributed by atoms with Crippen molar-refractivity contribution in [2.24, 2.45) is 0 Å². The van der Waals surface area contributed by atoms with E-state index in [-0.39, 0.29) is 24.2 Å². The van der Waals surface area contributed by atoms with Gasteiger partial charge in [0.05, 0.1) is 11.7 Å². The van der Waals surface area contributed by atoms with Crippen LogP contribution in [0, 0.1) is 0 Å². The normalized spacial score (nSPS) is 12.8. The molecule has 2 unspecified atom stereocenters. The van der Waals surface area contributed by atoms with Crippen LogP contribution in [0.15, 0.2) is 54.6 Å². The molecule has 4 N–H and O–H groups in total. The number of rotatable bonds is 6. The molecule has 124 valence electrons. The zero-order valence-electron chi connectivity index (χ0n) is 13.1. The highest BCUT2D eigenvalue weighted by Gasteiger charge is 2.16. The van der Waals surface area contributed by atoms with Crippen LogP contribution in [0.3, 0.4) is 0 Å². The summed E-state index contributed by atoms with van der Waals surface area (Å²) < 4.78 is 0. The first kappa shape index (κ1) is 19.0. The number of anilines is 1. The molecule has 0 saturated heterocycles. The summed E-state index contributed by atoms with van der Waals surface area (Å²) in [5, 5.41) is 12.6. The fourth-order valence-electron chi connectivity index (χ4n) is 2.49. The number of halogens is 1. The Bertz CT molecular complexity index is 617. The van der Waals surface area contributed by atoms with Gasteiger partial charge in [-0.1, -0.05) is 42.5 Å². The molecule has 0 aromatic heterocycles. The molecule has 4 nitrogen and oxygen atoms in total. The minimum Gasteiger partial charge on any atom is -0.398 e. The standard InChI is InChI=1S/C18H22N2O2.ClH/c1-13(21)11-15(14-7-3-2-4-8-14)12-20-18(22)16-9-5-6-10-17(16)19;/h2-10,13,15,21H,11-12,19H2,1H3,(H,20,22);1H. The predicted molar refractivity (Wildman–Crippen MR) is 95.9 cm³/mol. The van der Waals surface area contributed by atoms with Crippen LogP contribution in [-0.4, -0.2) is 23.7 Å². The highest BCUT2D eigenvalue weighted by molar-refractivity contribution is 5.99. The second kappa shape index (κ2) is 9.18. The maximum absolute atomic E-state index is 12.2. The molecule has 0 fully saturated rings. The fraction of sp³-hybridized carbons (Fsp3) is 0.278. The smallest absolute Gasteiger partial charge is 0.253 e. The molecule has 0 heterocycles. The number of amides is 1. The molecule has 2 aromatic carbocycles. The van der Waals surface area contributed by atoms with Gasteiger partial charge >= 0.3 is 0 Å². The van der Waals surface area contributed by atoms with E-state index in [1.807, 2.05) is 30.3 Å². The van der Waals surface area contributed by atoms with Gasteiger partial charge in [-0.05, 0) is 31.0 Å². The van der Waals surface area contributed by atoms with E-state index in [0.717, 1.165) is 5.56 Å². The summed E-state index contributed by atoms with van der Waals surface area (Å²) in [5.41, 5.74) is 7.86. The van der Waals surface area contributed by atoms with E-state index in [1.54, 1.807) is 31.2 Å². The van der Waals surface area contributed by atoms with Crippen molar-refractivity contribution in [3.05, 3.63) is 65.7 Å². The third-order valence-corrected chi connectivity index (χ3v) is 3.61. The van der Waals surface area contributed by atoms with Crippen molar-refractivity contribution in [2.45, 2.75) is 25.4 Å². The maximum atomic E-state index is 12.2. The Hall–Kier alpha value is -2.04. The summed E-state index contributed by atoms with van der Waals surface area (Å²) in [6.07, 6.45) is 0.165. The van der Waals surface area contributed by atoms with E-state index in [4.69, 9.17) is 5.73 Å². The molecule has 1 amide bonds. The summed E-state index contributed by atoms with van der Waals surface area (Å²) in [4.78, 5) is 12.2. The molecule has 2 aromatic rings. The molecular formula is C18H23ClN2O2. The van der Waals surface area contributed by atoms with Crippen LogP contribution in [-0.2, 0) is 0 Å². The predicted octanol–water partition coefficient (Wildman–Crippen LogP) is 2.98. The number of carbonyl (C=O) groups excluding carboxylic acids is 1. The first-order valence-electron chi connectivity index (χ1n) is 7.43. The number of carbonyl (C=O) groups is 1. The van der Waals surface area contributed by atoms with E-state index >= 15 is 0 Å². The molecule has 0 aliphatic rings. The maximum Gasteiger partial charge on any atom is 0.253 e. The lowest BCUT2D eigenvalue weighted by Crippen LogP contribution is -2.30. The molecular weight excluding hydrogens is 312 g/mol. The zero-order chi connectivity index (χ0) is 15.9.